The molecule has 0 spiro atoms. The summed E-state index contributed by atoms with van der Waals surface area (Å²) in [5, 5.41) is 9.07. The van der Waals surface area contributed by atoms with E-state index in [0.29, 0.717) is 26.1 Å². The number of morpholine rings is 1. The van der Waals surface area contributed by atoms with Gasteiger partial charge in [-0.15, -0.1) is 0 Å². The van der Waals surface area contributed by atoms with Crippen LogP contribution in [0.3, 0.4) is 0 Å². The molecule has 1 fully saturated rings. The molecule has 19 heavy (non-hydrogen) atoms. The molecule has 2 atom stereocenters. The zero-order chi connectivity index (χ0) is 13.7. The first-order valence-corrected chi connectivity index (χ1v) is 6.76. The van der Waals surface area contributed by atoms with Gasteiger partial charge in [-0.1, -0.05) is 37.3 Å². The van der Waals surface area contributed by atoms with Crippen molar-refractivity contribution in [3.05, 3.63) is 35.9 Å². The lowest BCUT2D eigenvalue weighted by atomic mass is 10.0. The average molecular weight is 263 g/mol. The normalized spacial score (nSPS) is 21.5. The summed E-state index contributed by atoms with van der Waals surface area (Å²) in [5.41, 5.74) is 1.13. The van der Waals surface area contributed by atoms with Crippen LogP contribution in [0, 0.1) is 5.92 Å². The van der Waals surface area contributed by atoms with E-state index in [2.05, 4.69) is 0 Å². The van der Waals surface area contributed by atoms with E-state index in [1.807, 2.05) is 42.2 Å². The first-order chi connectivity index (χ1) is 9.20. The lowest BCUT2D eigenvalue weighted by Gasteiger charge is -2.33. The average Bonchev–Trinajstić information content (AvgIpc) is 2.44. The molecule has 2 rings (SSSR count). The molecule has 1 amide bonds. The number of nitrogens with zero attached hydrogens (tertiary/aromatic N) is 1. The van der Waals surface area contributed by atoms with E-state index in [9.17, 15) is 4.79 Å². The first-order valence-electron chi connectivity index (χ1n) is 6.76. The summed E-state index contributed by atoms with van der Waals surface area (Å²) in [5.74, 6) is 0.126. The summed E-state index contributed by atoms with van der Waals surface area (Å²) in [7, 11) is 0. The highest BCUT2D eigenvalue weighted by molar-refractivity contribution is 5.81. The molecule has 0 aliphatic carbocycles. The first kappa shape index (κ1) is 14.0. The predicted octanol–water partition coefficient (Wildman–Crippen LogP) is 1.43. The van der Waals surface area contributed by atoms with Crippen molar-refractivity contribution in [2.75, 3.05) is 19.8 Å². The van der Waals surface area contributed by atoms with Crippen LogP contribution in [0.5, 0.6) is 0 Å². The fraction of sp³-hybridized carbons (Fsp3) is 0.533. The van der Waals surface area contributed by atoms with Gasteiger partial charge < -0.3 is 14.7 Å². The summed E-state index contributed by atoms with van der Waals surface area (Å²) >= 11 is 0. The molecule has 2 unspecified atom stereocenters. The third kappa shape index (κ3) is 3.78. The predicted molar refractivity (Wildman–Crippen MR) is 72.5 cm³/mol. The Balaban J connectivity index is 1.96. The molecular formula is C15H21NO3. The number of hydrogen-bond donors (Lipinski definition) is 1. The van der Waals surface area contributed by atoms with E-state index in [1.165, 1.54) is 0 Å². The molecule has 104 valence electrons. The lowest BCUT2D eigenvalue weighted by Crippen LogP contribution is -2.47. The second kappa shape index (κ2) is 6.68. The number of amides is 1. The molecule has 1 N–H and O–H groups in total. The van der Waals surface area contributed by atoms with Crippen molar-refractivity contribution in [3.63, 3.8) is 0 Å². The lowest BCUT2D eigenvalue weighted by molar-refractivity contribution is -0.155. The smallest absolute Gasteiger partial charge is 0.252 e. The molecule has 1 saturated heterocycles. The van der Waals surface area contributed by atoms with Crippen molar-refractivity contribution < 1.29 is 14.6 Å². The van der Waals surface area contributed by atoms with Gasteiger partial charge in [0.05, 0.1) is 6.61 Å². The van der Waals surface area contributed by atoms with Gasteiger partial charge >= 0.3 is 0 Å². The molecule has 1 aromatic carbocycles. The van der Waals surface area contributed by atoms with Crippen molar-refractivity contribution in [2.24, 2.45) is 5.92 Å². The molecule has 0 radical (unpaired) electrons. The molecule has 0 bridgehead atoms. The number of rotatable bonds is 5. The number of ether oxygens (including phenoxy) is 1. The minimum absolute atomic E-state index is 0.0374. The highest BCUT2D eigenvalue weighted by Crippen LogP contribution is 2.17. The minimum atomic E-state index is -0.403. The Hall–Kier alpha value is -1.39. The second-order valence-corrected chi connectivity index (χ2v) is 5.13. The molecule has 4 nitrogen and oxygen atoms in total. The van der Waals surface area contributed by atoms with Gasteiger partial charge in [0.25, 0.3) is 5.91 Å². The quantitative estimate of drug-likeness (QED) is 0.874. The molecule has 1 aromatic rings. The second-order valence-electron chi connectivity index (χ2n) is 5.13. The highest BCUT2D eigenvalue weighted by atomic mass is 16.5. The summed E-state index contributed by atoms with van der Waals surface area (Å²) in [6, 6.07) is 9.97. The molecule has 1 aliphatic rings. The van der Waals surface area contributed by atoms with Gasteiger partial charge in [0.15, 0.2) is 0 Å². The summed E-state index contributed by atoms with van der Waals surface area (Å²) in [6.45, 7) is 3.85. The maximum absolute atomic E-state index is 12.3. The van der Waals surface area contributed by atoms with Crippen LogP contribution in [0.2, 0.25) is 0 Å². The van der Waals surface area contributed by atoms with E-state index in [0.717, 1.165) is 5.56 Å². The Morgan fingerprint density at radius 1 is 1.42 bits per heavy atom. The zero-order valence-electron chi connectivity index (χ0n) is 11.3. The van der Waals surface area contributed by atoms with Gasteiger partial charge in [-0.3, -0.25) is 4.79 Å². The summed E-state index contributed by atoms with van der Waals surface area (Å²) in [4.78, 5) is 14.1. The van der Waals surface area contributed by atoms with Crippen molar-refractivity contribution in [3.8, 4) is 0 Å². The van der Waals surface area contributed by atoms with E-state index in [-0.39, 0.29) is 18.4 Å². The number of aliphatic hydroxyl groups is 1. The summed E-state index contributed by atoms with van der Waals surface area (Å²) in [6.07, 6.45) is 0.181. The maximum atomic E-state index is 12.3. The molecule has 4 heteroatoms. The van der Waals surface area contributed by atoms with Crippen LogP contribution < -0.4 is 0 Å². The molecule has 0 aromatic heterocycles. The zero-order valence-corrected chi connectivity index (χ0v) is 11.3. The van der Waals surface area contributed by atoms with Gasteiger partial charge in [0.2, 0.25) is 0 Å². The van der Waals surface area contributed by atoms with Crippen LogP contribution in [0.4, 0.5) is 0 Å². The van der Waals surface area contributed by atoms with E-state index in [1.54, 1.807) is 0 Å². The van der Waals surface area contributed by atoms with Crippen LogP contribution in [0.25, 0.3) is 0 Å². The largest absolute Gasteiger partial charge is 0.396 e. The number of benzene rings is 1. The van der Waals surface area contributed by atoms with Gasteiger partial charge in [0, 0.05) is 19.7 Å². The van der Waals surface area contributed by atoms with Gasteiger partial charge in [0.1, 0.15) is 6.10 Å². The fourth-order valence-corrected chi connectivity index (χ4v) is 2.26. The van der Waals surface area contributed by atoms with Crippen LogP contribution in [0.1, 0.15) is 18.9 Å². The Labute approximate surface area is 114 Å². The van der Waals surface area contributed by atoms with Crippen molar-refractivity contribution in [2.45, 2.75) is 26.0 Å². The SMILES string of the molecule is CC(CO)CC1OCCN(Cc2ccccc2)C1=O. The van der Waals surface area contributed by atoms with Crippen LogP contribution in [-0.2, 0) is 16.1 Å². The van der Waals surface area contributed by atoms with E-state index in [4.69, 9.17) is 9.84 Å². The number of aliphatic hydroxyl groups excluding tert-OH is 1. The Morgan fingerprint density at radius 2 is 2.16 bits per heavy atom. The molecule has 0 saturated carbocycles. The van der Waals surface area contributed by atoms with Gasteiger partial charge in [-0.25, -0.2) is 0 Å². The third-order valence-corrected chi connectivity index (χ3v) is 3.41. The number of carbonyl (C=O) groups is 1. The van der Waals surface area contributed by atoms with E-state index >= 15 is 0 Å². The van der Waals surface area contributed by atoms with Crippen molar-refractivity contribution >= 4 is 5.91 Å². The van der Waals surface area contributed by atoms with Crippen LogP contribution in [-0.4, -0.2) is 41.8 Å². The Bertz CT molecular complexity index is 407. The molecule has 1 heterocycles. The van der Waals surface area contributed by atoms with Crippen LogP contribution in [0.15, 0.2) is 30.3 Å². The number of hydrogen-bond acceptors (Lipinski definition) is 3. The molecular weight excluding hydrogens is 242 g/mol. The van der Waals surface area contributed by atoms with Crippen molar-refractivity contribution in [1.29, 1.82) is 0 Å². The fourth-order valence-electron chi connectivity index (χ4n) is 2.26. The third-order valence-electron chi connectivity index (χ3n) is 3.41. The van der Waals surface area contributed by atoms with Crippen molar-refractivity contribution in [1.82, 2.24) is 4.90 Å². The monoisotopic (exact) mass is 263 g/mol. The van der Waals surface area contributed by atoms with Gasteiger partial charge in [-0.2, -0.15) is 0 Å². The number of carbonyl (C=O) groups excluding carboxylic acids is 1. The molecule has 1 aliphatic heterocycles. The van der Waals surface area contributed by atoms with Crippen LogP contribution >= 0.6 is 0 Å². The van der Waals surface area contributed by atoms with E-state index < -0.39 is 6.10 Å². The topological polar surface area (TPSA) is 49.8 Å². The highest BCUT2D eigenvalue weighted by Gasteiger charge is 2.30. The summed E-state index contributed by atoms with van der Waals surface area (Å²) < 4.78 is 5.53. The standard InChI is InChI=1S/C15H21NO3/c1-12(11-17)9-14-15(18)16(7-8-19-14)10-13-5-3-2-4-6-13/h2-6,12,14,17H,7-11H2,1H3. The Kier molecular flexibility index (Phi) is 4.93. The maximum Gasteiger partial charge on any atom is 0.252 e. The minimum Gasteiger partial charge on any atom is -0.396 e. The Morgan fingerprint density at radius 3 is 2.84 bits per heavy atom. The van der Waals surface area contributed by atoms with Gasteiger partial charge in [-0.05, 0) is 17.9 Å².